The second-order valence-electron chi connectivity index (χ2n) is 4.68. The molecule has 0 fully saturated rings. The molecule has 0 unspecified atom stereocenters. The topological polar surface area (TPSA) is 83.0 Å². The van der Waals surface area contributed by atoms with Crippen LogP contribution in [0.25, 0.3) is 22.4 Å². The summed E-state index contributed by atoms with van der Waals surface area (Å²) in [5.74, 6) is 0.685. The highest BCUT2D eigenvalue weighted by atomic mass is 127. The third-order valence-electron chi connectivity index (χ3n) is 3.09. The monoisotopic (exact) mass is 414 g/mol. The number of H-pyrrole nitrogens is 1. The lowest BCUT2D eigenvalue weighted by atomic mass is 10.2. The first kappa shape index (κ1) is 14.3. The van der Waals surface area contributed by atoms with Crippen LogP contribution in [0.5, 0.6) is 5.75 Å². The summed E-state index contributed by atoms with van der Waals surface area (Å²) >= 11 is 2.03. The first-order chi connectivity index (χ1) is 9.86. The maximum Gasteiger partial charge on any atom is 0.177 e. The number of aromatic nitrogens is 2. The highest BCUT2D eigenvalue weighted by molar-refractivity contribution is 14.1. The molecule has 0 aliphatic heterocycles. The number of phenolic OH excluding ortho intramolecular Hbond substituents is 1. The van der Waals surface area contributed by atoms with E-state index in [2.05, 4.69) is 9.97 Å². The molecule has 1 aromatic heterocycles. The van der Waals surface area contributed by atoms with Gasteiger partial charge in [-0.1, -0.05) is 6.07 Å². The maximum atomic E-state index is 11.8. The lowest BCUT2D eigenvalue weighted by molar-refractivity contribution is 0.471. The Morgan fingerprint density at radius 3 is 2.67 bits per heavy atom. The van der Waals surface area contributed by atoms with Crippen LogP contribution in [0.2, 0.25) is 0 Å². The van der Waals surface area contributed by atoms with Crippen molar-refractivity contribution in [1.29, 1.82) is 0 Å². The lowest BCUT2D eigenvalue weighted by Gasteiger charge is -2.00. The Balaban J connectivity index is 2.24. The van der Waals surface area contributed by atoms with Crippen LogP contribution < -0.4 is 0 Å². The number of aromatic amines is 1. The molecule has 7 heteroatoms. The molecule has 0 radical (unpaired) electrons. The zero-order chi connectivity index (χ0) is 15.2. The second kappa shape index (κ2) is 4.99. The number of fused-ring (bicyclic) bond motifs is 1. The molecule has 0 amide bonds. The summed E-state index contributed by atoms with van der Waals surface area (Å²) in [7, 11) is -3.35. The molecule has 0 saturated carbocycles. The van der Waals surface area contributed by atoms with Crippen molar-refractivity contribution in [3.63, 3.8) is 0 Å². The molecule has 0 aliphatic rings. The summed E-state index contributed by atoms with van der Waals surface area (Å²) in [6.45, 7) is 0. The zero-order valence-electron chi connectivity index (χ0n) is 11.0. The number of benzene rings is 2. The number of hydrogen-bond donors (Lipinski definition) is 2. The van der Waals surface area contributed by atoms with Crippen molar-refractivity contribution in [1.82, 2.24) is 9.97 Å². The van der Waals surface area contributed by atoms with Crippen molar-refractivity contribution in [2.75, 3.05) is 6.26 Å². The summed E-state index contributed by atoms with van der Waals surface area (Å²) in [4.78, 5) is 7.65. The van der Waals surface area contributed by atoms with E-state index in [1.165, 1.54) is 6.07 Å². The molecule has 21 heavy (non-hydrogen) atoms. The Bertz CT molecular complexity index is 948. The summed E-state index contributed by atoms with van der Waals surface area (Å²) in [6, 6.07) is 10.2. The van der Waals surface area contributed by atoms with Gasteiger partial charge in [-0.2, -0.15) is 0 Å². The Labute approximate surface area is 135 Å². The van der Waals surface area contributed by atoms with Crippen molar-refractivity contribution in [2.24, 2.45) is 0 Å². The van der Waals surface area contributed by atoms with Gasteiger partial charge in [0.2, 0.25) is 0 Å². The van der Waals surface area contributed by atoms with Gasteiger partial charge < -0.3 is 10.1 Å². The predicted molar refractivity (Wildman–Crippen MR) is 89.0 cm³/mol. The second-order valence-corrected chi connectivity index (χ2v) is 7.82. The quantitative estimate of drug-likeness (QED) is 0.632. The average Bonchev–Trinajstić information content (AvgIpc) is 2.84. The van der Waals surface area contributed by atoms with Crippen LogP contribution in [-0.4, -0.2) is 29.7 Å². The minimum Gasteiger partial charge on any atom is -0.507 e. The molecule has 3 rings (SSSR count). The largest absolute Gasteiger partial charge is 0.507 e. The van der Waals surface area contributed by atoms with Gasteiger partial charge in [0.1, 0.15) is 17.1 Å². The number of sulfone groups is 1. The molecule has 2 aromatic carbocycles. The highest BCUT2D eigenvalue weighted by Crippen LogP contribution is 2.29. The van der Waals surface area contributed by atoms with E-state index in [9.17, 15) is 13.5 Å². The molecule has 3 aromatic rings. The summed E-state index contributed by atoms with van der Waals surface area (Å²) in [5.41, 5.74) is 1.75. The number of hydrogen-bond acceptors (Lipinski definition) is 4. The predicted octanol–water partition coefficient (Wildman–Crippen LogP) is 2.94. The number of nitrogens with one attached hydrogen (secondary N) is 1. The molecule has 0 saturated heterocycles. The summed E-state index contributed by atoms with van der Waals surface area (Å²) < 4.78 is 24.3. The number of imidazole rings is 1. The molecule has 0 aliphatic carbocycles. The Kier molecular flexibility index (Phi) is 3.40. The maximum absolute atomic E-state index is 11.8. The van der Waals surface area contributed by atoms with Gasteiger partial charge in [0.15, 0.2) is 9.84 Å². The molecular weight excluding hydrogens is 403 g/mol. The number of nitrogens with zero attached hydrogens (tertiary/aromatic N) is 1. The van der Waals surface area contributed by atoms with Crippen molar-refractivity contribution >= 4 is 43.5 Å². The third-order valence-corrected chi connectivity index (χ3v) is 5.14. The van der Waals surface area contributed by atoms with Gasteiger partial charge in [0.05, 0.1) is 14.0 Å². The molecule has 1 heterocycles. The molecule has 108 valence electrons. The van der Waals surface area contributed by atoms with Crippen LogP contribution in [0.1, 0.15) is 0 Å². The van der Waals surface area contributed by atoms with Crippen molar-refractivity contribution in [3.8, 4) is 17.1 Å². The van der Waals surface area contributed by atoms with Crippen LogP contribution >= 0.6 is 22.6 Å². The zero-order valence-corrected chi connectivity index (χ0v) is 13.9. The summed E-state index contributed by atoms with van der Waals surface area (Å²) in [6.07, 6.45) is 1.16. The van der Waals surface area contributed by atoms with Crippen LogP contribution in [0.15, 0.2) is 41.3 Å². The number of para-hydroxylation sites is 1. The number of phenols is 1. The molecule has 0 bridgehead atoms. The molecule has 0 atom stereocenters. The van der Waals surface area contributed by atoms with Crippen LogP contribution in [0, 0.1) is 3.57 Å². The van der Waals surface area contributed by atoms with Crippen LogP contribution in [-0.2, 0) is 9.84 Å². The fraction of sp³-hybridized carbons (Fsp3) is 0.0714. The van der Waals surface area contributed by atoms with Crippen molar-refractivity contribution in [3.05, 3.63) is 40.0 Å². The Morgan fingerprint density at radius 2 is 2.00 bits per heavy atom. The SMILES string of the molecule is CS(=O)(=O)c1cccc2[nH]c(-c3ccc(I)c(O)c3)nc12. The fourth-order valence-electron chi connectivity index (χ4n) is 2.10. The highest BCUT2D eigenvalue weighted by Gasteiger charge is 2.16. The van der Waals surface area contributed by atoms with Gasteiger partial charge >= 0.3 is 0 Å². The number of halogens is 1. The third kappa shape index (κ3) is 2.62. The summed E-state index contributed by atoms with van der Waals surface area (Å²) in [5, 5.41) is 9.78. The molecule has 2 N–H and O–H groups in total. The lowest BCUT2D eigenvalue weighted by Crippen LogP contribution is -1.97. The van der Waals surface area contributed by atoms with Gasteiger partial charge in [-0.25, -0.2) is 13.4 Å². The molecule has 0 spiro atoms. The first-order valence-electron chi connectivity index (χ1n) is 6.04. The van der Waals surface area contributed by atoms with E-state index >= 15 is 0 Å². The minimum absolute atomic E-state index is 0.164. The van der Waals surface area contributed by atoms with E-state index in [1.54, 1.807) is 24.3 Å². The van der Waals surface area contributed by atoms with Crippen molar-refractivity contribution < 1.29 is 13.5 Å². The minimum atomic E-state index is -3.35. The van der Waals surface area contributed by atoms with Gasteiger partial charge in [-0.05, 0) is 52.9 Å². The van der Waals surface area contributed by atoms with E-state index in [0.717, 1.165) is 9.83 Å². The van der Waals surface area contributed by atoms with E-state index in [-0.39, 0.29) is 10.6 Å². The van der Waals surface area contributed by atoms with E-state index < -0.39 is 9.84 Å². The van der Waals surface area contributed by atoms with Crippen molar-refractivity contribution in [2.45, 2.75) is 4.90 Å². The fourth-order valence-corrected chi connectivity index (χ4v) is 3.27. The van der Waals surface area contributed by atoms with E-state index in [1.807, 2.05) is 28.7 Å². The standard InChI is InChI=1S/C14H11IN2O3S/c1-21(19,20)12-4-2-3-10-13(12)17-14(16-10)8-5-6-9(15)11(18)7-8/h2-7,18H,1H3,(H,16,17). The molecular formula is C14H11IN2O3S. The van der Waals surface area contributed by atoms with Gasteiger partial charge in [0, 0.05) is 11.8 Å². The van der Waals surface area contributed by atoms with Gasteiger partial charge in [-0.3, -0.25) is 0 Å². The van der Waals surface area contributed by atoms with Crippen LogP contribution in [0.3, 0.4) is 0 Å². The Hall–Kier alpha value is -1.61. The molecule has 5 nitrogen and oxygen atoms in total. The van der Waals surface area contributed by atoms with Crippen LogP contribution in [0.4, 0.5) is 0 Å². The smallest absolute Gasteiger partial charge is 0.177 e. The Morgan fingerprint density at radius 1 is 1.24 bits per heavy atom. The van der Waals surface area contributed by atoms with Gasteiger partial charge in [-0.15, -0.1) is 0 Å². The number of rotatable bonds is 2. The van der Waals surface area contributed by atoms with E-state index in [0.29, 0.717) is 22.4 Å². The van der Waals surface area contributed by atoms with Gasteiger partial charge in [0.25, 0.3) is 0 Å². The first-order valence-corrected chi connectivity index (χ1v) is 9.01. The number of aromatic hydroxyl groups is 1. The normalized spacial score (nSPS) is 11.9. The average molecular weight is 414 g/mol. The van der Waals surface area contributed by atoms with E-state index in [4.69, 9.17) is 0 Å².